The maximum absolute atomic E-state index is 12.2. The van der Waals surface area contributed by atoms with Gasteiger partial charge in [0.1, 0.15) is 15.8 Å². The number of hydrogen-bond acceptors (Lipinski definition) is 6. The normalized spacial score (nSPS) is 16.1. The highest BCUT2D eigenvalue weighted by molar-refractivity contribution is 8.26. The van der Waals surface area contributed by atoms with Gasteiger partial charge in [-0.15, -0.1) is 0 Å². The van der Waals surface area contributed by atoms with E-state index in [1.165, 1.54) is 28.8 Å². The Balaban J connectivity index is 1.90. The third kappa shape index (κ3) is 3.49. The van der Waals surface area contributed by atoms with Crippen LogP contribution in [0, 0.1) is 0 Å². The highest BCUT2D eigenvalue weighted by Gasteiger charge is 2.30. The topological polar surface area (TPSA) is 73.6 Å². The van der Waals surface area contributed by atoms with Gasteiger partial charge in [0.05, 0.1) is 10.9 Å². The number of furan rings is 1. The lowest BCUT2D eigenvalue weighted by molar-refractivity contribution is -0.255. The fourth-order valence-corrected chi connectivity index (χ4v) is 3.88. The number of hydrogen-bond donors (Lipinski definition) is 0. The first-order chi connectivity index (χ1) is 11.9. The van der Waals surface area contributed by atoms with Crippen LogP contribution in [0.5, 0.6) is 0 Å². The zero-order valence-corrected chi connectivity index (χ0v) is 15.3. The first-order valence-electron chi connectivity index (χ1n) is 7.27. The first-order valence-corrected chi connectivity index (χ1v) is 8.87. The van der Waals surface area contributed by atoms with Crippen LogP contribution >= 0.6 is 35.6 Å². The van der Waals surface area contributed by atoms with Crippen LogP contribution in [0.15, 0.2) is 39.7 Å². The molecule has 0 N–H and O–H groups in total. The maximum Gasteiger partial charge on any atom is 0.266 e. The Morgan fingerprint density at radius 1 is 1.40 bits per heavy atom. The molecule has 0 unspecified atom stereocenters. The molecule has 2 aromatic rings. The summed E-state index contributed by atoms with van der Waals surface area (Å²) >= 11 is 12.2. The largest absolute Gasteiger partial charge is 0.545 e. The summed E-state index contributed by atoms with van der Waals surface area (Å²) in [5.41, 5.74) is 0.435. The van der Waals surface area contributed by atoms with Crippen molar-refractivity contribution in [2.24, 2.45) is 0 Å². The van der Waals surface area contributed by atoms with Crippen molar-refractivity contribution in [2.45, 2.75) is 6.92 Å². The molecule has 1 aromatic carbocycles. The Bertz CT molecular complexity index is 919. The van der Waals surface area contributed by atoms with E-state index in [0.29, 0.717) is 32.9 Å². The number of carbonyl (C=O) groups is 2. The summed E-state index contributed by atoms with van der Waals surface area (Å²) in [4.78, 5) is 25.3. The van der Waals surface area contributed by atoms with Crippen LogP contribution in [0.2, 0.25) is 5.02 Å². The lowest BCUT2D eigenvalue weighted by atomic mass is 10.1. The molecule has 1 saturated heterocycles. The SMILES string of the molecule is CCN1C(=O)/C(=C/c2ccc(-c3ccc(Cl)c(C(=O)[O-])c3)o2)SC1=S. The van der Waals surface area contributed by atoms with Crippen molar-refractivity contribution in [1.29, 1.82) is 0 Å². The molecule has 2 heterocycles. The number of aromatic carboxylic acids is 1. The number of thioether (sulfide) groups is 1. The number of benzene rings is 1. The van der Waals surface area contributed by atoms with Crippen LogP contribution in [-0.2, 0) is 4.79 Å². The van der Waals surface area contributed by atoms with Crippen molar-refractivity contribution in [3.05, 3.63) is 51.6 Å². The molecular formula is C17H11ClNO4S2-. The Morgan fingerprint density at radius 2 is 2.16 bits per heavy atom. The van der Waals surface area contributed by atoms with Crippen molar-refractivity contribution in [1.82, 2.24) is 4.90 Å². The zero-order chi connectivity index (χ0) is 18.1. The summed E-state index contributed by atoms with van der Waals surface area (Å²) in [6.07, 6.45) is 1.62. The summed E-state index contributed by atoms with van der Waals surface area (Å²) in [5, 5.41) is 11.2. The van der Waals surface area contributed by atoms with Gasteiger partial charge in [-0.2, -0.15) is 0 Å². The van der Waals surface area contributed by atoms with Crippen molar-refractivity contribution in [2.75, 3.05) is 6.54 Å². The highest BCUT2D eigenvalue weighted by Crippen LogP contribution is 2.33. The lowest BCUT2D eigenvalue weighted by Crippen LogP contribution is -2.27. The number of carboxylic acid groups (broad SMARTS) is 1. The number of halogens is 1. The van der Waals surface area contributed by atoms with E-state index in [1.54, 1.807) is 24.3 Å². The molecule has 0 radical (unpaired) electrons. The second-order valence-electron chi connectivity index (χ2n) is 5.11. The van der Waals surface area contributed by atoms with Gasteiger partial charge in [0.2, 0.25) is 0 Å². The van der Waals surface area contributed by atoms with E-state index in [2.05, 4.69) is 0 Å². The number of likely N-dealkylation sites (N-methyl/N-ethyl adjacent to an activating group) is 1. The number of carboxylic acids is 1. The van der Waals surface area contributed by atoms with Gasteiger partial charge in [0, 0.05) is 28.8 Å². The summed E-state index contributed by atoms with van der Waals surface area (Å²) in [6.45, 7) is 2.37. The fraction of sp³-hybridized carbons (Fsp3) is 0.118. The zero-order valence-electron chi connectivity index (χ0n) is 12.9. The van der Waals surface area contributed by atoms with Gasteiger partial charge in [0.15, 0.2) is 0 Å². The van der Waals surface area contributed by atoms with Crippen LogP contribution in [0.25, 0.3) is 17.4 Å². The van der Waals surface area contributed by atoms with Gasteiger partial charge in [-0.3, -0.25) is 9.69 Å². The van der Waals surface area contributed by atoms with Crippen molar-refractivity contribution in [3.8, 4) is 11.3 Å². The molecule has 1 aliphatic rings. The molecule has 0 atom stereocenters. The molecule has 1 amide bonds. The van der Waals surface area contributed by atoms with Crippen LogP contribution in [-0.4, -0.2) is 27.6 Å². The maximum atomic E-state index is 12.2. The molecule has 0 spiro atoms. The summed E-state index contributed by atoms with van der Waals surface area (Å²) in [7, 11) is 0. The van der Waals surface area contributed by atoms with Gasteiger partial charge >= 0.3 is 0 Å². The molecule has 25 heavy (non-hydrogen) atoms. The van der Waals surface area contributed by atoms with Crippen LogP contribution in [0.1, 0.15) is 23.0 Å². The molecular weight excluding hydrogens is 382 g/mol. The summed E-state index contributed by atoms with van der Waals surface area (Å²) in [5.74, 6) is -0.587. The van der Waals surface area contributed by atoms with E-state index >= 15 is 0 Å². The van der Waals surface area contributed by atoms with Gasteiger partial charge in [-0.05, 0) is 37.3 Å². The van der Waals surface area contributed by atoms with E-state index < -0.39 is 5.97 Å². The second kappa shape index (κ2) is 7.03. The fourth-order valence-electron chi connectivity index (χ4n) is 2.32. The van der Waals surface area contributed by atoms with Crippen LogP contribution in [0.4, 0.5) is 0 Å². The molecule has 0 saturated carbocycles. The second-order valence-corrected chi connectivity index (χ2v) is 7.19. The number of rotatable bonds is 4. The van der Waals surface area contributed by atoms with Gasteiger partial charge in [-0.1, -0.05) is 35.6 Å². The van der Waals surface area contributed by atoms with Crippen molar-refractivity contribution in [3.63, 3.8) is 0 Å². The van der Waals surface area contributed by atoms with Gasteiger partial charge < -0.3 is 14.3 Å². The minimum atomic E-state index is -1.36. The Kier molecular flexibility index (Phi) is 4.99. The van der Waals surface area contributed by atoms with E-state index in [9.17, 15) is 14.7 Å². The number of nitrogens with zero attached hydrogens (tertiary/aromatic N) is 1. The number of amides is 1. The van der Waals surface area contributed by atoms with Crippen molar-refractivity contribution >= 4 is 57.9 Å². The van der Waals surface area contributed by atoms with Crippen molar-refractivity contribution < 1.29 is 19.1 Å². The molecule has 1 fully saturated rings. The molecule has 3 rings (SSSR count). The summed E-state index contributed by atoms with van der Waals surface area (Å²) < 4.78 is 6.21. The molecule has 1 aliphatic heterocycles. The molecule has 1 aromatic heterocycles. The number of thiocarbonyl (C=S) groups is 1. The molecule has 0 aliphatic carbocycles. The highest BCUT2D eigenvalue weighted by atomic mass is 35.5. The lowest BCUT2D eigenvalue weighted by Gasteiger charge is -2.09. The molecule has 128 valence electrons. The standard InChI is InChI=1S/C17H12ClNO4S2/c1-2-19-15(20)14(25-17(19)24)8-10-4-6-13(23-10)9-3-5-12(18)11(7-9)16(21)22/h3-8H,2H2,1H3,(H,21,22)/p-1/b14-8-. The molecule has 0 bridgehead atoms. The monoisotopic (exact) mass is 392 g/mol. The first kappa shape index (κ1) is 17.7. The minimum Gasteiger partial charge on any atom is -0.545 e. The quantitative estimate of drug-likeness (QED) is 0.587. The van der Waals surface area contributed by atoms with Crippen LogP contribution in [0.3, 0.4) is 0 Å². The van der Waals surface area contributed by atoms with E-state index in [1.807, 2.05) is 6.92 Å². The average molecular weight is 393 g/mol. The van der Waals surface area contributed by atoms with E-state index in [0.717, 1.165) is 0 Å². The average Bonchev–Trinajstić information content (AvgIpc) is 3.13. The number of carbonyl (C=O) groups excluding carboxylic acids is 2. The Hall–Kier alpha value is -2.09. The van der Waals surface area contributed by atoms with E-state index in [4.69, 9.17) is 28.2 Å². The third-order valence-electron chi connectivity index (χ3n) is 3.56. The Labute approximate surface area is 158 Å². The predicted octanol–water partition coefficient (Wildman–Crippen LogP) is 3.18. The summed E-state index contributed by atoms with van der Waals surface area (Å²) in [6, 6.07) is 7.89. The third-order valence-corrected chi connectivity index (χ3v) is 5.27. The molecule has 8 heteroatoms. The van der Waals surface area contributed by atoms with E-state index in [-0.39, 0.29) is 16.5 Å². The van der Waals surface area contributed by atoms with Gasteiger partial charge in [0.25, 0.3) is 5.91 Å². The Morgan fingerprint density at radius 3 is 2.80 bits per heavy atom. The molecule has 5 nitrogen and oxygen atoms in total. The van der Waals surface area contributed by atoms with Crippen LogP contribution < -0.4 is 5.11 Å². The predicted molar refractivity (Wildman–Crippen MR) is 99.0 cm³/mol. The van der Waals surface area contributed by atoms with Gasteiger partial charge in [-0.25, -0.2) is 0 Å². The smallest absolute Gasteiger partial charge is 0.266 e. The minimum absolute atomic E-state index is 0.0961.